The summed E-state index contributed by atoms with van der Waals surface area (Å²) < 4.78 is 14.9. The summed E-state index contributed by atoms with van der Waals surface area (Å²) in [4.78, 5) is 22.4. The molecule has 1 N–H and O–H groups in total. The zero-order chi connectivity index (χ0) is 14.2. The van der Waals surface area contributed by atoms with Gasteiger partial charge in [-0.3, -0.25) is 0 Å². The fourth-order valence-corrected chi connectivity index (χ4v) is 1.07. The fourth-order valence-electron chi connectivity index (χ4n) is 1.07. The molecule has 0 aromatic carbocycles. The molecule has 0 aliphatic rings. The summed E-state index contributed by atoms with van der Waals surface area (Å²) in [5.74, 6) is -0.415. The van der Waals surface area contributed by atoms with Gasteiger partial charge in [-0.05, 0) is 34.6 Å². The standard InChI is InChI=1S/C12H23NO5/c1-6-17-10(14)8-16-7-9(2)13-11(15)18-12(3,4)5/h9H,6-8H2,1-5H3,(H,13,15)/t9-/m0/s1. The van der Waals surface area contributed by atoms with Crippen LogP contribution in [0.25, 0.3) is 0 Å². The molecule has 0 saturated carbocycles. The van der Waals surface area contributed by atoms with Crippen LogP contribution in [0.3, 0.4) is 0 Å². The first kappa shape index (κ1) is 16.7. The molecule has 0 fully saturated rings. The molecule has 0 spiro atoms. The van der Waals surface area contributed by atoms with Gasteiger partial charge in [-0.15, -0.1) is 0 Å². The summed E-state index contributed by atoms with van der Waals surface area (Å²) in [5.41, 5.74) is -0.532. The van der Waals surface area contributed by atoms with Crippen LogP contribution in [0.15, 0.2) is 0 Å². The predicted molar refractivity (Wildman–Crippen MR) is 66.3 cm³/mol. The van der Waals surface area contributed by atoms with Crippen LogP contribution in [0, 0.1) is 0 Å². The third-order valence-corrected chi connectivity index (χ3v) is 1.66. The first-order valence-electron chi connectivity index (χ1n) is 5.97. The Hall–Kier alpha value is -1.30. The number of esters is 1. The Bertz CT molecular complexity index is 272. The lowest BCUT2D eigenvalue weighted by atomic mass is 10.2. The summed E-state index contributed by atoms with van der Waals surface area (Å²) >= 11 is 0. The molecular weight excluding hydrogens is 238 g/mol. The molecule has 18 heavy (non-hydrogen) atoms. The van der Waals surface area contributed by atoms with Gasteiger partial charge >= 0.3 is 12.1 Å². The van der Waals surface area contributed by atoms with E-state index < -0.39 is 17.7 Å². The molecule has 0 radical (unpaired) electrons. The van der Waals surface area contributed by atoms with Gasteiger partial charge in [-0.2, -0.15) is 0 Å². The molecular formula is C12H23NO5. The highest BCUT2D eigenvalue weighted by Gasteiger charge is 2.17. The molecule has 0 aliphatic heterocycles. The van der Waals surface area contributed by atoms with Gasteiger partial charge in [0.05, 0.1) is 19.3 Å². The van der Waals surface area contributed by atoms with Crippen LogP contribution in [0.4, 0.5) is 4.79 Å². The van der Waals surface area contributed by atoms with Gasteiger partial charge in [-0.1, -0.05) is 0 Å². The summed E-state index contributed by atoms with van der Waals surface area (Å²) in [6.07, 6.45) is -0.505. The van der Waals surface area contributed by atoms with Crippen LogP contribution in [0.5, 0.6) is 0 Å². The molecule has 0 saturated heterocycles. The average Bonchev–Trinajstić information content (AvgIpc) is 2.14. The number of carbonyl (C=O) groups excluding carboxylic acids is 2. The van der Waals surface area contributed by atoms with E-state index >= 15 is 0 Å². The van der Waals surface area contributed by atoms with Crippen LogP contribution >= 0.6 is 0 Å². The second-order valence-corrected chi connectivity index (χ2v) is 4.87. The zero-order valence-corrected chi connectivity index (χ0v) is 11.7. The molecule has 106 valence electrons. The quantitative estimate of drug-likeness (QED) is 0.733. The number of alkyl carbamates (subject to hydrolysis) is 1. The number of amides is 1. The maximum absolute atomic E-state index is 11.4. The van der Waals surface area contributed by atoms with Crippen molar-refractivity contribution in [2.75, 3.05) is 19.8 Å². The Labute approximate surface area is 108 Å². The normalized spacial score (nSPS) is 12.7. The third kappa shape index (κ3) is 9.89. The fraction of sp³-hybridized carbons (Fsp3) is 0.833. The topological polar surface area (TPSA) is 73.9 Å². The molecule has 1 amide bonds. The summed E-state index contributed by atoms with van der Waals surface area (Å²) in [6, 6.07) is -0.241. The lowest BCUT2D eigenvalue weighted by Gasteiger charge is -2.21. The van der Waals surface area contributed by atoms with Crippen LogP contribution < -0.4 is 5.32 Å². The number of hydrogen-bond donors (Lipinski definition) is 1. The minimum absolute atomic E-state index is 0.117. The highest BCUT2D eigenvalue weighted by molar-refractivity contribution is 5.70. The van der Waals surface area contributed by atoms with Crippen molar-refractivity contribution in [2.45, 2.75) is 46.3 Å². The highest BCUT2D eigenvalue weighted by atomic mass is 16.6. The van der Waals surface area contributed by atoms with Gasteiger partial charge in [0.15, 0.2) is 0 Å². The van der Waals surface area contributed by atoms with Crippen molar-refractivity contribution >= 4 is 12.1 Å². The van der Waals surface area contributed by atoms with E-state index in [0.29, 0.717) is 6.61 Å². The van der Waals surface area contributed by atoms with Crippen molar-refractivity contribution in [1.29, 1.82) is 0 Å². The van der Waals surface area contributed by atoms with E-state index in [2.05, 4.69) is 5.32 Å². The van der Waals surface area contributed by atoms with Crippen LogP contribution in [0.2, 0.25) is 0 Å². The van der Waals surface area contributed by atoms with E-state index in [9.17, 15) is 9.59 Å². The number of rotatable bonds is 6. The molecule has 6 nitrogen and oxygen atoms in total. The van der Waals surface area contributed by atoms with Gasteiger partial charge in [0.2, 0.25) is 0 Å². The number of carbonyl (C=O) groups is 2. The Balaban J connectivity index is 3.74. The number of hydrogen-bond acceptors (Lipinski definition) is 5. The number of ether oxygens (including phenoxy) is 3. The molecule has 0 bridgehead atoms. The highest BCUT2D eigenvalue weighted by Crippen LogP contribution is 2.06. The monoisotopic (exact) mass is 261 g/mol. The van der Waals surface area contributed by atoms with Gasteiger partial charge in [0, 0.05) is 0 Å². The maximum Gasteiger partial charge on any atom is 0.407 e. The Morgan fingerprint density at radius 1 is 1.28 bits per heavy atom. The van der Waals surface area contributed by atoms with Crippen LogP contribution in [0.1, 0.15) is 34.6 Å². The van der Waals surface area contributed by atoms with Crippen LogP contribution in [-0.4, -0.2) is 43.5 Å². The van der Waals surface area contributed by atoms with Crippen molar-refractivity contribution < 1.29 is 23.8 Å². The third-order valence-electron chi connectivity index (χ3n) is 1.66. The van der Waals surface area contributed by atoms with Crippen molar-refractivity contribution in [3.8, 4) is 0 Å². The van der Waals surface area contributed by atoms with Gasteiger partial charge in [0.25, 0.3) is 0 Å². The lowest BCUT2D eigenvalue weighted by molar-refractivity contribution is -0.148. The van der Waals surface area contributed by atoms with E-state index in [1.807, 2.05) is 0 Å². The lowest BCUT2D eigenvalue weighted by Crippen LogP contribution is -2.40. The first-order valence-corrected chi connectivity index (χ1v) is 5.97. The summed E-state index contributed by atoms with van der Waals surface area (Å²) in [5, 5.41) is 2.60. The van der Waals surface area contributed by atoms with Gasteiger partial charge < -0.3 is 19.5 Å². The smallest absolute Gasteiger partial charge is 0.407 e. The molecule has 0 heterocycles. The minimum atomic E-state index is -0.532. The molecule has 6 heteroatoms. The predicted octanol–water partition coefficient (Wildman–Crippen LogP) is 1.48. The molecule has 0 aromatic heterocycles. The van der Waals surface area contributed by atoms with E-state index in [-0.39, 0.29) is 19.3 Å². The van der Waals surface area contributed by atoms with E-state index in [0.717, 1.165) is 0 Å². The second-order valence-electron chi connectivity index (χ2n) is 4.87. The molecule has 0 unspecified atom stereocenters. The largest absolute Gasteiger partial charge is 0.464 e. The number of nitrogens with one attached hydrogen (secondary N) is 1. The maximum atomic E-state index is 11.4. The molecule has 0 aliphatic carbocycles. The Kier molecular flexibility index (Phi) is 7.35. The first-order chi connectivity index (χ1) is 8.24. The van der Waals surface area contributed by atoms with E-state index in [4.69, 9.17) is 14.2 Å². The van der Waals surface area contributed by atoms with E-state index in [1.165, 1.54) is 0 Å². The van der Waals surface area contributed by atoms with Crippen molar-refractivity contribution in [3.05, 3.63) is 0 Å². The van der Waals surface area contributed by atoms with Crippen LogP contribution in [-0.2, 0) is 19.0 Å². The second kappa shape index (κ2) is 7.92. The van der Waals surface area contributed by atoms with Crippen molar-refractivity contribution in [2.24, 2.45) is 0 Å². The minimum Gasteiger partial charge on any atom is -0.464 e. The summed E-state index contributed by atoms with van der Waals surface area (Å²) in [6.45, 7) is 9.28. The van der Waals surface area contributed by atoms with Gasteiger partial charge in [-0.25, -0.2) is 9.59 Å². The molecule has 0 aromatic rings. The summed E-state index contributed by atoms with van der Waals surface area (Å²) in [7, 11) is 0. The van der Waals surface area contributed by atoms with Crippen molar-refractivity contribution in [1.82, 2.24) is 5.32 Å². The SMILES string of the molecule is CCOC(=O)COC[C@H](C)NC(=O)OC(C)(C)C. The zero-order valence-electron chi connectivity index (χ0n) is 11.7. The van der Waals surface area contributed by atoms with Gasteiger partial charge in [0.1, 0.15) is 12.2 Å². The average molecular weight is 261 g/mol. The van der Waals surface area contributed by atoms with E-state index in [1.54, 1.807) is 34.6 Å². The Morgan fingerprint density at radius 2 is 1.89 bits per heavy atom. The Morgan fingerprint density at radius 3 is 2.39 bits per heavy atom. The molecule has 0 rings (SSSR count). The van der Waals surface area contributed by atoms with Crippen molar-refractivity contribution in [3.63, 3.8) is 0 Å². The molecule has 1 atom stereocenters.